The van der Waals surface area contributed by atoms with Gasteiger partial charge in [0.15, 0.2) is 0 Å². The Morgan fingerprint density at radius 3 is 2.40 bits per heavy atom. The standard InChI is InChI=1S/C31H31ClN8O3/c1-19(2)39-17-22(6-12-29(39)41)21-5-11-26(32)23(15-21)16-27(36-31(43)28-13-14-34-38(28)4)30(42)35-24-7-9-25(10-8-24)40-18-33-20(3)37-40/h5-15,17-19,27H,16H2,1-4H3,(H,35,42)(H,36,43). The SMILES string of the molecule is Cc1ncn(-c2ccc(NC(=O)C(Cc3cc(-c4ccc(=O)n(C(C)C)c4)ccc3Cl)NC(=O)c3ccnn3C)cc2)n1. The number of rotatable bonds is 9. The summed E-state index contributed by atoms with van der Waals surface area (Å²) >= 11 is 6.61. The van der Waals surface area contributed by atoms with Crippen molar-refractivity contribution >= 4 is 29.1 Å². The van der Waals surface area contributed by atoms with Gasteiger partial charge in [-0.15, -0.1) is 0 Å². The average molecular weight is 599 g/mol. The lowest BCUT2D eigenvalue weighted by atomic mass is 9.99. The van der Waals surface area contributed by atoms with E-state index in [0.717, 1.165) is 16.8 Å². The van der Waals surface area contributed by atoms with Crippen LogP contribution < -0.4 is 16.2 Å². The van der Waals surface area contributed by atoms with E-state index in [1.807, 2.05) is 38.1 Å². The topological polar surface area (TPSA) is 129 Å². The molecular weight excluding hydrogens is 568 g/mol. The first-order valence-electron chi connectivity index (χ1n) is 13.7. The normalized spacial score (nSPS) is 11.9. The van der Waals surface area contributed by atoms with E-state index in [-0.39, 0.29) is 18.0 Å². The second-order valence-corrected chi connectivity index (χ2v) is 10.8. The molecule has 0 saturated carbocycles. The fourth-order valence-electron chi connectivity index (χ4n) is 4.64. The molecule has 0 radical (unpaired) electrons. The maximum absolute atomic E-state index is 13.6. The highest BCUT2D eigenvalue weighted by Gasteiger charge is 2.25. The summed E-state index contributed by atoms with van der Waals surface area (Å²) in [5.41, 5.74) is 3.85. The van der Waals surface area contributed by atoms with Crippen LogP contribution in [0.5, 0.6) is 0 Å². The predicted octanol–water partition coefficient (Wildman–Crippen LogP) is 4.35. The van der Waals surface area contributed by atoms with Gasteiger partial charge in [0, 0.05) is 48.7 Å². The monoisotopic (exact) mass is 598 g/mol. The van der Waals surface area contributed by atoms with Crippen molar-refractivity contribution in [3.63, 3.8) is 0 Å². The number of amides is 2. The van der Waals surface area contributed by atoms with Crippen molar-refractivity contribution in [1.29, 1.82) is 0 Å². The molecule has 0 fully saturated rings. The number of benzene rings is 2. The second-order valence-electron chi connectivity index (χ2n) is 10.4. The van der Waals surface area contributed by atoms with Crippen molar-refractivity contribution in [1.82, 2.24) is 34.4 Å². The van der Waals surface area contributed by atoms with Crippen LogP contribution in [-0.4, -0.2) is 47.0 Å². The third-order valence-corrected chi connectivity index (χ3v) is 7.35. The summed E-state index contributed by atoms with van der Waals surface area (Å²) < 4.78 is 4.73. The van der Waals surface area contributed by atoms with E-state index in [4.69, 9.17) is 11.6 Å². The first-order valence-corrected chi connectivity index (χ1v) is 14.1. The molecule has 12 heteroatoms. The van der Waals surface area contributed by atoms with Crippen LogP contribution in [0, 0.1) is 6.92 Å². The van der Waals surface area contributed by atoms with Crippen LogP contribution in [0.25, 0.3) is 16.8 Å². The number of hydrogen-bond donors (Lipinski definition) is 2. The van der Waals surface area contributed by atoms with Crippen molar-refractivity contribution in [2.75, 3.05) is 5.32 Å². The van der Waals surface area contributed by atoms with Crippen LogP contribution in [0.3, 0.4) is 0 Å². The molecule has 3 heterocycles. The number of anilines is 1. The summed E-state index contributed by atoms with van der Waals surface area (Å²) in [5, 5.41) is 14.6. The molecule has 0 bridgehead atoms. The van der Waals surface area contributed by atoms with Gasteiger partial charge in [-0.05, 0) is 86.0 Å². The summed E-state index contributed by atoms with van der Waals surface area (Å²) in [6, 6.07) is 16.5. The molecule has 11 nitrogen and oxygen atoms in total. The van der Waals surface area contributed by atoms with Crippen LogP contribution in [0.2, 0.25) is 5.02 Å². The van der Waals surface area contributed by atoms with E-state index in [2.05, 4.69) is 25.8 Å². The van der Waals surface area contributed by atoms with Crippen molar-refractivity contribution in [2.45, 2.75) is 39.3 Å². The highest BCUT2D eigenvalue weighted by Crippen LogP contribution is 2.27. The molecular formula is C31H31ClN8O3. The summed E-state index contributed by atoms with van der Waals surface area (Å²) in [6.45, 7) is 5.68. The summed E-state index contributed by atoms with van der Waals surface area (Å²) in [7, 11) is 1.65. The lowest BCUT2D eigenvalue weighted by Crippen LogP contribution is -2.45. The first-order chi connectivity index (χ1) is 20.6. The molecule has 0 saturated heterocycles. The molecule has 2 aromatic carbocycles. The molecule has 5 aromatic rings. The lowest BCUT2D eigenvalue weighted by molar-refractivity contribution is -0.118. The van der Waals surface area contributed by atoms with Gasteiger partial charge < -0.3 is 15.2 Å². The molecule has 3 aromatic heterocycles. The molecule has 0 aliphatic carbocycles. The molecule has 0 aliphatic rings. The molecule has 220 valence electrons. The molecule has 43 heavy (non-hydrogen) atoms. The van der Waals surface area contributed by atoms with Crippen LogP contribution in [-0.2, 0) is 18.3 Å². The summed E-state index contributed by atoms with van der Waals surface area (Å²) in [6.07, 6.45) is 5.04. The number of carbonyl (C=O) groups is 2. The van der Waals surface area contributed by atoms with Gasteiger partial charge in [0.25, 0.3) is 11.5 Å². The second kappa shape index (κ2) is 12.5. The zero-order chi connectivity index (χ0) is 30.7. The third-order valence-electron chi connectivity index (χ3n) is 6.98. The van der Waals surface area contributed by atoms with Crippen molar-refractivity contribution in [3.8, 4) is 16.8 Å². The van der Waals surface area contributed by atoms with Crippen LogP contribution in [0.1, 0.15) is 41.8 Å². The van der Waals surface area contributed by atoms with Gasteiger partial charge in [-0.1, -0.05) is 17.7 Å². The third kappa shape index (κ3) is 6.73. The van der Waals surface area contributed by atoms with E-state index in [1.54, 1.807) is 66.1 Å². The van der Waals surface area contributed by atoms with Crippen molar-refractivity contribution < 1.29 is 9.59 Å². The fourth-order valence-corrected chi connectivity index (χ4v) is 4.84. The molecule has 2 amide bonds. The summed E-state index contributed by atoms with van der Waals surface area (Å²) in [5.74, 6) is -0.225. The van der Waals surface area contributed by atoms with E-state index >= 15 is 0 Å². The minimum absolute atomic E-state index is 0.0103. The van der Waals surface area contributed by atoms with Gasteiger partial charge >= 0.3 is 0 Å². The zero-order valence-corrected chi connectivity index (χ0v) is 24.9. The highest BCUT2D eigenvalue weighted by atomic mass is 35.5. The van der Waals surface area contributed by atoms with E-state index < -0.39 is 17.9 Å². The van der Waals surface area contributed by atoms with Gasteiger partial charge in [-0.25, -0.2) is 9.67 Å². The molecule has 2 N–H and O–H groups in total. The number of nitrogens with zero attached hydrogens (tertiary/aromatic N) is 6. The number of hydrogen-bond acceptors (Lipinski definition) is 6. The fraction of sp³-hybridized carbons (Fsp3) is 0.226. The van der Waals surface area contributed by atoms with Gasteiger partial charge in [-0.3, -0.25) is 19.1 Å². The molecule has 1 atom stereocenters. The Kier molecular flexibility index (Phi) is 8.53. The van der Waals surface area contributed by atoms with Gasteiger partial charge in [0.2, 0.25) is 5.91 Å². The van der Waals surface area contributed by atoms with Gasteiger partial charge in [0.05, 0.1) is 5.69 Å². The quantitative estimate of drug-likeness (QED) is 0.260. The Morgan fingerprint density at radius 1 is 1.00 bits per heavy atom. The van der Waals surface area contributed by atoms with E-state index in [9.17, 15) is 14.4 Å². The number of pyridine rings is 1. The minimum Gasteiger partial charge on any atom is -0.339 e. The predicted molar refractivity (Wildman–Crippen MR) is 164 cm³/mol. The van der Waals surface area contributed by atoms with Gasteiger partial charge in [-0.2, -0.15) is 10.2 Å². The Hall–Kier alpha value is -5.03. The van der Waals surface area contributed by atoms with Gasteiger partial charge in [0.1, 0.15) is 23.9 Å². The number of halogens is 1. The van der Waals surface area contributed by atoms with Crippen LogP contribution >= 0.6 is 11.6 Å². The Balaban J connectivity index is 1.42. The molecule has 0 aliphatic heterocycles. The maximum atomic E-state index is 13.6. The average Bonchev–Trinajstić information content (AvgIpc) is 3.62. The number of aryl methyl sites for hydroxylation is 2. The number of nitrogens with one attached hydrogen (secondary N) is 2. The minimum atomic E-state index is -0.975. The summed E-state index contributed by atoms with van der Waals surface area (Å²) in [4.78, 5) is 43.2. The van der Waals surface area contributed by atoms with E-state index in [1.165, 1.54) is 16.9 Å². The van der Waals surface area contributed by atoms with Crippen LogP contribution in [0.15, 0.2) is 84.2 Å². The lowest BCUT2D eigenvalue weighted by Gasteiger charge is -2.20. The largest absolute Gasteiger partial charge is 0.339 e. The van der Waals surface area contributed by atoms with E-state index in [0.29, 0.717) is 27.8 Å². The maximum Gasteiger partial charge on any atom is 0.270 e. The Bertz CT molecular complexity index is 1840. The van der Waals surface area contributed by atoms with Crippen molar-refractivity contribution in [2.24, 2.45) is 7.05 Å². The Labute approximate surface area is 253 Å². The van der Waals surface area contributed by atoms with Crippen LogP contribution in [0.4, 0.5) is 5.69 Å². The number of carbonyl (C=O) groups excluding carboxylic acids is 2. The molecule has 1 unspecified atom stereocenters. The Morgan fingerprint density at radius 2 is 1.74 bits per heavy atom. The first kappa shape index (κ1) is 29.5. The zero-order valence-electron chi connectivity index (χ0n) is 24.2. The number of aromatic nitrogens is 6. The smallest absolute Gasteiger partial charge is 0.270 e. The van der Waals surface area contributed by atoms with Crippen molar-refractivity contribution in [3.05, 3.63) is 112 Å². The molecule has 5 rings (SSSR count). The molecule has 0 spiro atoms. The highest BCUT2D eigenvalue weighted by molar-refractivity contribution is 6.31.